The van der Waals surface area contributed by atoms with Gasteiger partial charge in [-0.25, -0.2) is 0 Å². The van der Waals surface area contributed by atoms with Crippen LogP contribution in [0.4, 0.5) is 0 Å². The van der Waals surface area contributed by atoms with Gasteiger partial charge in [0.25, 0.3) is 5.91 Å². The molecule has 3 amide bonds. The van der Waals surface area contributed by atoms with E-state index in [1.165, 1.54) is 6.26 Å². The molecule has 0 spiro atoms. The summed E-state index contributed by atoms with van der Waals surface area (Å²) in [7, 11) is 3.98. The Bertz CT molecular complexity index is 674. The summed E-state index contributed by atoms with van der Waals surface area (Å²) in [5.41, 5.74) is -0.884. The van der Waals surface area contributed by atoms with Crippen LogP contribution in [0.5, 0.6) is 0 Å². The van der Waals surface area contributed by atoms with E-state index in [-0.39, 0.29) is 17.7 Å². The van der Waals surface area contributed by atoms with Gasteiger partial charge in [-0.15, -0.1) is 0 Å². The smallest absolute Gasteiger partial charge is 0.289 e. The molecule has 2 fully saturated rings. The maximum absolute atomic E-state index is 12.9. The van der Waals surface area contributed by atoms with E-state index in [1.54, 1.807) is 21.9 Å². The predicted molar refractivity (Wildman–Crippen MR) is 99.0 cm³/mol. The standard InChI is InChI=1S/C19H28N4O4/c1-21(2)9-4-8-20-17(25)19(6-7-19)18(26)23-12-10-22(11-13-23)16(24)15-5-3-14-27-15/h3,5,14H,4,6-13H2,1-2H3,(H,20,25). The van der Waals surface area contributed by atoms with Gasteiger partial charge < -0.3 is 24.4 Å². The summed E-state index contributed by atoms with van der Waals surface area (Å²) in [6.45, 7) is 3.27. The fourth-order valence-electron chi connectivity index (χ4n) is 3.40. The van der Waals surface area contributed by atoms with Crippen LogP contribution in [-0.2, 0) is 9.59 Å². The molecule has 1 N–H and O–H groups in total. The van der Waals surface area contributed by atoms with Gasteiger partial charge in [-0.1, -0.05) is 0 Å². The van der Waals surface area contributed by atoms with E-state index in [9.17, 15) is 14.4 Å². The van der Waals surface area contributed by atoms with E-state index >= 15 is 0 Å². The van der Waals surface area contributed by atoms with Crippen molar-refractivity contribution >= 4 is 17.7 Å². The van der Waals surface area contributed by atoms with Crippen LogP contribution in [0, 0.1) is 5.41 Å². The molecule has 8 nitrogen and oxygen atoms in total. The van der Waals surface area contributed by atoms with Crippen LogP contribution >= 0.6 is 0 Å². The van der Waals surface area contributed by atoms with E-state index in [2.05, 4.69) is 10.2 Å². The van der Waals surface area contributed by atoms with Crippen molar-refractivity contribution in [2.75, 3.05) is 53.4 Å². The van der Waals surface area contributed by atoms with E-state index in [0.717, 1.165) is 13.0 Å². The molecule has 0 aromatic carbocycles. The number of nitrogens with one attached hydrogen (secondary N) is 1. The third kappa shape index (κ3) is 4.32. The largest absolute Gasteiger partial charge is 0.459 e. The van der Waals surface area contributed by atoms with Crippen molar-refractivity contribution in [3.05, 3.63) is 24.2 Å². The van der Waals surface area contributed by atoms with Gasteiger partial charge >= 0.3 is 0 Å². The molecule has 1 aromatic rings. The van der Waals surface area contributed by atoms with Crippen LogP contribution in [0.2, 0.25) is 0 Å². The molecule has 3 rings (SSSR count). The Labute approximate surface area is 159 Å². The maximum Gasteiger partial charge on any atom is 0.289 e. The van der Waals surface area contributed by atoms with Gasteiger partial charge in [-0.2, -0.15) is 0 Å². The van der Waals surface area contributed by atoms with Crippen LogP contribution in [0.15, 0.2) is 22.8 Å². The molecule has 0 bridgehead atoms. The summed E-state index contributed by atoms with van der Waals surface area (Å²) in [4.78, 5) is 43.2. The van der Waals surface area contributed by atoms with Crippen molar-refractivity contribution < 1.29 is 18.8 Å². The first-order valence-electron chi connectivity index (χ1n) is 9.49. The summed E-state index contributed by atoms with van der Waals surface area (Å²) in [6.07, 6.45) is 3.55. The molecule has 2 aliphatic rings. The van der Waals surface area contributed by atoms with Gasteiger partial charge in [-0.3, -0.25) is 14.4 Å². The molecular weight excluding hydrogens is 348 g/mol. The van der Waals surface area contributed by atoms with Crippen LogP contribution in [-0.4, -0.2) is 85.8 Å². The van der Waals surface area contributed by atoms with Crippen LogP contribution in [0.1, 0.15) is 29.8 Å². The molecule has 8 heteroatoms. The third-order valence-corrected chi connectivity index (χ3v) is 5.25. The molecule has 1 aromatic heterocycles. The van der Waals surface area contributed by atoms with Crippen molar-refractivity contribution in [1.82, 2.24) is 20.0 Å². The average molecular weight is 376 g/mol. The summed E-state index contributed by atoms with van der Waals surface area (Å²) in [6, 6.07) is 3.32. The number of carbonyl (C=O) groups is 3. The molecule has 27 heavy (non-hydrogen) atoms. The summed E-state index contributed by atoms with van der Waals surface area (Å²) in [5, 5.41) is 2.92. The number of amides is 3. The molecule has 0 unspecified atom stereocenters. The minimum atomic E-state index is -0.884. The normalized spacial score (nSPS) is 18.5. The topological polar surface area (TPSA) is 86.1 Å². The van der Waals surface area contributed by atoms with E-state index in [0.29, 0.717) is 51.3 Å². The zero-order valence-corrected chi connectivity index (χ0v) is 16.1. The van der Waals surface area contributed by atoms with Crippen molar-refractivity contribution in [3.8, 4) is 0 Å². The number of rotatable bonds is 7. The number of carbonyl (C=O) groups excluding carboxylic acids is 3. The van der Waals surface area contributed by atoms with Crippen molar-refractivity contribution in [2.24, 2.45) is 5.41 Å². The van der Waals surface area contributed by atoms with Gasteiger partial charge in [0.05, 0.1) is 6.26 Å². The molecule has 1 saturated heterocycles. The van der Waals surface area contributed by atoms with Crippen molar-refractivity contribution in [2.45, 2.75) is 19.3 Å². The Balaban J connectivity index is 1.48. The Kier molecular flexibility index (Phi) is 5.84. The van der Waals surface area contributed by atoms with E-state index < -0.39 is 5.41 Å². The lowest BCUT2D eigenvalue weighted by molar-refractivity contribution is -0.145. The number of nitrogens with zero attached hydrogens (tertiary/aromatic N) is 3. The zero-order valence-electron chi connectivity index (χ0n) is 16.1. The molecule has 148 valence electrons. The van der Waals surface area contributed by atoms with E-state index in [1.807, 2.05) is 14.1 Å². The second-order valence-electron chi connectivity index (χ2n) is 7.56. The lowest BCUT2D eigenvalue weighted by atomic mass is 10.0. The SMILES string of the molecule is CN(C)CCCNC(=O)C1(C(=O)N2CCN(C(=O)c3ccco3)CC2)CC1. The van der Waals surface area contributed by atoms with Crippen molar-refractivity contribution in [1.29, 1.82) is 0 Å². The fourth-order valence-corrected chi connectivity index (χ4v) is 3.40. The average Bonchev–Trinajstić information content (AvgIpc) is 3.30. The minimum absolute atomic E-state index is 0.0993. The highest BCUT2D eigenvalue weighted by Gasteiger charge is 2.58. The molecule has 0 radical (unpaired) electrons. The molecule has 1 aliphatic heterocycles. The Morgan fingerprint density at radius 1 is 1.15 bits per heavy atom. The maximum atomic E-state index is 12.9. The molecule has 2 heterocycles. The summed E-state index contributed by atoms with van der Waals surface area (Å²) >= 11 is 0. The fraction of sp³-hybridized carbons (Fsp3) is 0.632. The van der Waals surface area contributed by atoms with Crippen LogP contribution < -0.4 is 5.32 Å². The van der Waals surface area contributed by atoms with E-state index in [4.69, 9.17) is 4.42 Å². The second-order valence-corrected chi connectivity index (χ2v) is 7.56. The van der Waals surface area contributed by atoms with Gasteiger partial charge in [-0.05, 0) is 52.0 Å². The lowest BCUT2D eigenvalue weighted by Crippen LogP contribution is -2.54. The molecule has 1 saturated carbocycles. The molecule has 0 atom stereocenters. The summed E-state index contributed by atoms with van der Waals surface area (Å²) in [5.74, 6) is -0.101. The Morgan fingerprint density at radius 3 is 2.37 bits per heavy atom. The van der Waals surface area contributed by atoms with Gasteiger partial charge in [0.1, 0.15) is 5.41 Å². The van der Waals surface area contributed by atoms with Gasteiger partial charge in [0.15, 0.2) is 5.76 Å². The number of hydrogen-bond acceptors (Lipinski definition) is 5. The second kappa shape index (κ2) is 8.12. The van der Waals surface area contributed by atoms with Crippen LogP contribution in [0.3, 0.4) is 0 Å². The molecular formula is C19H28N4O4. The first kappa shape index (κ1) is 19.4. The highest BCUT2D eigenvalue weighted by molar-refractivity contribution is 6.08. The Hall–Kier alpha value is -2.35. The zero-order chi connectivity index (χ0) is 19.4. The minimum Gasteiger partial charge on any atom is -0.459 e. The van der Waals surface area contributed by atoms with Crippen molar-refractivity contribution in [3.63, 3.8) is 0 Å². The number of piperazine rings is 1. The highest BCUT2D eigenvalue weighted by atomic mass is 16.3. The summed E-state index contributed by atoms with van der Waals surface area (Å²) < 4.78 is 5.15. The predicted octanol–water partition coefficient (Wildman–Crippen LogP) is 0.412. The third-order valence-electron chi connectivity index (χ3n) is 5.25. The monoisotopic (exact) mass is 376 g/mol. The van der Waals surface area contributed by atoms with Crippen LogP contribution in [0.25, 0.3) is 0 Å². The van der Waals surface area contributed by atoms with Gasteiger partial charge in [0, 0.05) is 32.7 Å². The highest BCUT2D eigenvalue weighted by Crippen LogP contribution is 2.47. The molecule has 1 aliphatic carbocycles. The van der Waals surface area contributed by atoms with Gasteiger partial charge in [0.2, 0.25) is 11.8 Å². The quantitative estimate of drug-likeness (QED) is 0.550. The first-order valence-corrected chi connectivity index (χ1v) is 9.49. The first-order chi connectivity index (χ1) is 12.9. The lowest BCUT2D eigenvalue weighted by Gasteiger charge is -2.36. The Morgan fingerprint density at radius 2 is 1.81 bits per heavy atom. The number of hydrogen-bond donors (Lipinski definition) is 1. The number of furan rings is 1.